The second kappa shape index (κ2) is 8.29. The summed E-state index contributed by atoms with van der Waals surface area (Å²) in [4.78, 5) is 39.2. The molecule has 1 N–H and O–H groups in total. The SMILES string of the molecule is CCOC(=O)CCC(C(=O)OCC)c1cc(=O)c2ccccc2[nH]1. The number of para-hydroxylation sites is 1. The van der Waals surface area contributed by atoms with Gasteiger partial charge in [0.05, 0.1) is 19.1 Å². The van der Waals surface area contributed by atoms with Crippen LogP contribution in [0.1, 0.15) is 38.3 Å². The maximum atomic E-state index is 12.3. The highest BCUT2D eigenvalue weighted by atomic mass is 16.5. The third-order valence-electron chi connectivity index (χ3n) is 3.65. The van der Waals surface area contributed by atoms with Gasteiger partial charge in [-0.2, -0.15) is 0 Å². The fraction of sp³-hybridized carbons (Fsp3) is 0.389. The van der Waals surface area contributed by atoms with Gasteiger partial charge in [-0.1, -0.05) is 12.1 Å². The number of hydrogen-bond donors (Lipinski definition) is 1. The Hall–Kier alpha value is -2.63. The molecule has 0 aliphatic heterocycles. The van der Waals surface area contributed by atoms with E-state index in [4.69, 9.17) is 9.47 Å². The van der Waals surface area contributed by atoms with Crippen molar-refractivity contribution in [2.45, 2.75) is 32.6 Å². The molecule has 6 heteroatoms. The van der Waals surface area contributed by atoms with Crippen molar-refractivity contribution in [3.63, 3.8) is 0 Å². The molecule has 1 atom stereocenters. The first-order valence-electron chi connectivity index (χ1n) is 8.01. The van der Waals surface area contributed by atoms with Crippen molar-refractivity contribution in [1.82, 2.24) is 4.98 Å². The quantitative estimate of drug-likeness (QED) is 0.788. The molecule has 0 fully saturated rings. The molecule has 0 saturated heterocycles. The highest BCUT2D eigenvalue weighted by molar-refractivity contribution is 5.82. The molecule has 2 aromatic rings. The largest absolute Gasteiger partial charge is 0.466 e. The van der Waals surface area contributed by atoms with E-state index in [1.165, 1.54) is 6.07 Å². The van der Waals surface area contributed by atoms with Crippen LogP contribution in [0.15, 0.2) is 35.1 Å². The van der Waals surface area contributed by atoms with Gasteiger partial charge < -0.3 is 14.5 Å². The monoisotopic (exact) mass is 331 g/mol. The Bertz CT molecular complexity index is 780. The number of benzene rings is 1. The van der Waals surface area contributed by atoms with Gasteiger partial charge in [0.1, 0.15) is 0 Å². The molecule has 0 aliphatic rings. The van der Waals surface area contributed by atoms with Crippen LogP contribution in [0.25, 0.3) is 10.9 Å². The van der Waals surface area contributed by atoms with E-state index in [-0.39, 0.29) is 37.5 Å². The fourth-order valence-electron chi connectivity index (χ4n) is 2.54. The molecule has 0 radical (unpaired) electrons. The number of rotatable bonds is 7. The van der Waals surface area contributed by atoms with E-state index < -0.39 is 11.9 Å². The highest BCUT2D eigenvalue weighted by Crippen LogP contribution is 2.22. The molecule has 6 nitrogen and oxygen atoms in total. The minimum absolute atomic E-state index is 0.0756. The zero-order chi connectivity index (χ0) is 17.5. The Balaban J connectivity index is 2.33. The minimum atomic E-state index is -0.716. The van der Waals surface area contributed by atoms with Gasteiger partial charge in [-0.15, -0.1) is 0 Å². The average Bonchev–Trinajstić information content (AvgIpc) is 2.55. The lowest BCUT2D eigenvalue weighted by atomic mass is 9.98. The van der Waals surface area contributed by atoms with Crippen molar-refractivity contribution in [3.8, 4) is 0 Å². The predicted octanol–water partition coefficient (Wildman–Crippen LogP) is 2.52. The molecule has 0 spiro atoms. The predicted molar refractivity (Wildman–Crippen MR) is 89.8 cm³/mol. The summed E-state index contributed by atoms with van der Waals surface area (Å²) in [6.45, 7) is 3.95. The van der Waals surface area contributed by atoms with Gasteiger partial charge in [-0.25, -0.2) is 0 Å². The Kier molecular flexibility index (Phi) is 6.12. The summed E-state index contributed by atoms with van der Waals surface area (Å²) in [5.74, 6) is -1.56. The molecule has 24 heavy (non-hydrogen) atoms. The van der Waals surface area contributed by atoms with Crippen LogP contribution in [-0.2, 0) is 19.1 Å². The summed E-state index contributed by atoms with van der Waals surface area (Å²) in [7, 11) is 0. The van der Waals surface area contributed by atoms with Gasteiger partial charge in [0, 0.05) is 29.1 Å². The van der Waals surface area contributed by atoms with Gasteiger partial charge in [0.2, 0.25) is 0 Å². The molecule has 2 rings (SSSR count). The van der Waals surface area contributed by atoms with Crippen LogP contribution >= 0.6 is 0 Å². The van der Waals surface area contributed by atoms with E-state index in [1.807, 2.05) is 0 Å². The molecule has 0 saturated carbocycles. The van der Waals surface area contributed by atoms with Gasteiger partial charge in [0.15, 0.2) is 5.43 Å². The number of ether oxygens (including phenoxy) is 2. The van der Waals surface area contributed by atoms with Crippen LogP contribution < -0.4 is 5.43 Å². The number of H-pyrrole nitrogens is 1. The summed E-state index contributed by atoms with van der Waals surface area (Å²) in [6, 6.07) is 8.47. The van der Waals surface area contributed by atoms with Gasteiger partial charge in [0.25, 0.3) is 0 Å². The molecule has 1 aromatic heterocycles. The fourth-order valence-corrected chi connectivity index (χ4v) is 2.54. The van der Waals surface area contributed by atoms with Crippen molar-refractivity contribution in [3.05, 3.63) is 46.2 Å². The molecule has 128 valence electrons. The summed E-state index contributed by atoms with van der Waals surface area (Å²) >= 11 is 0. The van der Waals surface area contributed by atoms with Crippen molar-refractivity contribution < 1.29 is 19.1 Å². The number of nitrogens with one attached hydrogen (secondary N) is 1. The maximum absolute atomic E-state index is 12.3. The zero-order valence-corrected chi connectivity index (χ0v) is 13.8. The first kappa shape index (κ1) is 17.7. The lowest BCUT2D eigenvalue weighted by Crippen LogP contribution is -2.20. The average molecular weight is 331 g/mol. The number of fused-ring (bicyclic) bond motifs is 1. The first-order valence-corrected chi connectivity index (χ1v) is 8.01. The topological polar surface area (TPSA) is 85.5 Å². The second-order valence-corrected chi connectivity index (χ2v) is 5.28. The molecule has 1 unspecified atom stereocenters. The maximum Gasteiger partial charge on any atom is 0.314 e. The van der Waals surface area contributed by atoms with E-state index in [0.717, 1.165) is 0 Å². The smallest absolute Gasteiger partial charge is 0.314 e. The van der Waals surface area contributed by atoms with E-state index in [2.05, 4.69) is 4.98 Å². The van der Waals surface area contributed by atoms with E-state index in [9.17, 15) is 14.4 Å². The molecule has 1 heterocycles. The van der Waals surface area contributed by atoms with Crippen LogP contribution in [0, 0.1) is 0 Å². The molecule has 0 aliphatic carbocycles. The minimum Gasteiger partial charge on any atom is -0.466 e. The van der Waals surface area contributed by atoms with Crippen molar-refractivity contribution >= 4 is 22.8 Å². The number of hydrogen-bond acceptors (Lipinski definition) is 5. The van der Waals surface area contributed by atoms with E-state index >= 15 is 0 Å². The number of carbonyl (C=O) groups excluding carboxylic acids is 2. The van der Waals surface area contributed by atoms with Crippen LogP contribution in [0.3, 0.4) is 0 Å². The zero-order valence-electron chi connectivity index (χ0n) is 13.8. The molecular weight excluding hydrogens is 310 g/mol. The number of aromatic amines is 1. The van der Waals surface area contributed by atoms with E-state index in [0.29, 0.717) is 16.6 Å². The lowest BCUT2D eigenvalue weighted by molar-refractivity contribution is -0.146. The third-order valence-corrected chi connectivity index (χ3v) is 3.65. The van der Waals surface area contributed by atoms with Crippen LogP contribution in [0.5, 0.6) is 0 Å². The Morgan fingerprint density at radius 2 is 1.83 bits per heavy atom. The van der Waals surface area contributed by atoms with Crippen molar-refractivity contribution in [2.24, 2.45) is 0 Å². The lowest BCUT2D eigenvalue weighted by Gasteiger charge is -2.16. The Morgan fingerprint density at radius 1 is 1.12 bits per heavy atom. The standard InChI is InChI=1S/C18H21NO5/c1-3-23-17(21)10-9-13(18(22)24-4-2)15-11-16(20)12-7-5-6-8-14(12)19-15/h5-8,11,13H,3-4,9-10H2,1-2H3,(H,19,20). The molecular formula is C18H21NO5. The van der Waals surface area contributed by atoms with Gasteiger partial charge >= 0.3 is 11.9 Å². The second-order valence-electron chi connectivity index (χ2n) is 5.28. The number of aromatic nitrogens is 1. The van der Waals surface area contributed by atoms with E-state index in [1.54, 1.807) is 38.1 Å². The first-order chi connectivity index (χ1) is 11.6. The number of pyridine rings is 1. The summed E-state index contributed by atoms with van der Waals surface area (Å²) in [6.07, 6.45) is 0.290. The molecule has 1 aromatic carbocycles. The summed E-state index contributed by atoms with van der Waals surface area (Å²) in [5, 5.41) is 0.550. The number of carbonyl (C=O) groups is 2. The van der Waals surface area contributed by atoms with Gasteiger partial charge in [-0.05, 0) is 32.4 Å². The van der Waals surface area contributed by atoms with Gasteiger partial charge in [-0.3, -0.25) is 14.4 Å². The molecule has 0 bridgehead atoms. The molecule has 0 amide bonds. The Morgan fingerprint density at radius 3 is 2.54 bits per heavy atom. The normalized spacial score (nSPS) is 11.9. The van der Waals surface area contributed by atoms with Crippen LogP contribution in [0.4, 0.5) is 0 Å². The third kappa shape index (κ3) is 4.22. The summed E-state index contributed by atoms with van der Waals surface area (Å²) in [5.41, 5.74) is 0.914. The summed E-state index contributed by atoms with van der Waals surface area (Å²) < 4.78 is 9.99. The number of esters is 2. The van der Waals surface area contributed by atoms with Crippen molar-refractivity contribution in [1.29, 1.82) is 0 Å². The van der Waals surface area contributed by atoms with Crippen LogP contribution in [0.2, 0.25) is 0 Å². The van der Waals surface area contributed by atoms with Crippen molar-refractivity contribution in [2.75, 3.05) is 13.2 Å². The highest BCUT2D eigenvalue weighted by Gasteiger charge is 2.25. The van der Waals surface area contributed by atoms with Crippen LogP contribution in [-0.4, -0.2) is 30.1 Å². The Labute approximate surface area is 139 Å².